The van der Waals surface area contributed by atoms with Crippen molar-refractivity contribution in [2.75, 3.05) is 0 Å². The molecule has 3 aromatic carbocycles. The van der Waals surface area contributed by atoms with Gasteiger partial charge in [-0.25, -0.2) is 4.39 Å². The summed E-state index contributed by atoms with van der Waals surface area (Å²) in [7, 11) is 0. The minimum atomic E-state index is -0.281. The van der Waals surface area contributed by atoms with Crippen LogP contribution in [0.4, 0.5) is 4.39 Å². The van der Waals surface area contributed by atoms with Gasteiger partial charge in [0, 0.05) is 11.1 Å². The van der Waals surface area contributed by atoms with E-state index in [9.17, 15) is 4.39 Å². The van der Waals surface area contributed by atoms with Crippen LogP contribution in [0.5, 0.6) is 5.75 Å². The van der Waals surface area contributed by atoms with Crippen molar-refractivity contribution in [3.8, 4) is 11.8 Å². The van der Waals surface area contributed by atoms with Crippen LogP contribution in [0.2, 0.25) is 0 Å². The highest BCUT2D eigenvalue weighted by Crippen LogP contribution is 2.23. The highest BCUT2D eigenvalue weighted by Gasteiger charge is 2.05. The first kappa shape index (κ1) is 19.8. The van der Waals surface area contributed by atoms with Crippen LogP contribution < -0.4 is 4.74 Å². The van der Waals surface area contributed by atoms with Gasteiger partial charge < -0.3 is 9.57 Å². The van der Waals surface area contributed by atoms with E-state index in [0.29, 0.717) is 16.9 Å². The number of rotatable bonds is 7. The van der Waals surface area contributed by atoms with Crippen molar-refractivity contribution in [2.24, 2.45) is 5.16 Å². The maximum Gasteiger partial charge on any atom is 0.143 e. The molecule has 3 rings (SSSR count). The summed E-state index contributed by atoms with van der Waals surface area (Å²) in [6.45, 7) is 0.388. The minimum absolute atomic E-state index is 0.164. The molecule has 0 saturated carbocycles. The molecule has 0 aromatic heterocycles. The third-order valence-corrected chi connectivity index (χ3v) is 4.77. The highest BCUT2D eigenvalue weighted by molar-refractivity contribution is 14.1. The summed E-state index contributed by atoms with van der Waals surface area (Å²) < 4.78 is 20.3. The van der Waals surface area contributed by atoms with E-state index in [4.69, 9.17) is 14.8 Å². The number of ether oxygens (including phenoxy) is 1. The molecule has 0 aliphatic carbocycles. The Kier molecular flexibility index (Phi) is 6.98. The number of nitriles is 1. The normalized spacial score (nSPS) is 10.6. The Morgan fingerprint density at radius 1 is 1.00 bits per heavy atom. The van der Waals surface area contributed by atoms with Gasteiger partial charge in [-0.15, -0.1) is 0 Å². The first-order chi connectivity index (χ1) is 13.7. The predicted molar refractivity (Wildman–Crippen MR) is 113 cm³/mol. The fraction of sp³-hybridized carbons (Fsp3) is 0.0909. The standard InChI is InChI=1S/C22H16FIN2O2/c23-20-8-4-3-7-19(20)14-27-22-10-9-16(11-21(22)24)13-26-28-15-18-6-2-1-5-17(18)12-25/h1-11,13H,14-15H2/b26-13-. The Hall–Kier alpha value is -2.92. The first-order valence-electron chi connectivity index (χ1n) is 8.46. The second kappa shape index (κ2) is 9.85. The van der Waals surface area contributed by atoms with Crippen molar-refractivity contribution >= 4 is 28.8 Å². The van der Waals surface area contributed by atoms with Crippen LogP contribution in [0.1, 0.15) is 22.3 Å². The second-order valence-corrected chi connectivity index (χ2v) is 7.01. The van der Waals surface area contributed by atoms with Crippen molar-refractivity contribution in [3.63, 3.8) is 0 Å². The molecule has 0 aliphatic rings. The van der Waals surface area contributed by atoms with Gasteiger partial charge in [-0.3, -0.25) is 0 Å². The molecular weight excluding hydrogens is 470 g/mol. The maximum atomic E-state index is 13.7. The van der Waals surface area contributed by atoms with Crippen LogP contribution in [-0.4, -0.2) is 6.21 Å². The SMILES string of the molecule is N#Cc1ccccc1CO/N=C\c1ccc(OCc2ccccc2F)c(I)c1. The zero-order valence-corrected chi connectivity index (χ0v) is 17.0. The van der Waals surface area contributed by atoms with Crippen LogP contribution in [-0.2, 0) is 18.1 Å². The second-order valence-electron chi connectivity index (χ2n) is 5.85. The van der Waals surface area contributed by atoms with Crippen molar-refractivity contribution in [1.82, 2.24) is 0 Å². The number of nitrogens with zero attached hydrogens (tertiary/aromatic N) is 2. The Morgan fingerprint density at radius 2 is 1.75 bits per heavy atom. The molecule has 0 unspecified atom stereocenters. The topological polar surface area (TPSA) is 54.6 Å². The number of benzene rings is 3. The smallest absolute Gasteiger partial charge is 0.143 e. The van der Waals surface area contributed by atoms with Crippen molar-refractivity contribution in [1.29, 1.82) is 5.26 Å². The van der Waals surface area contributed by atoms with E-state index in [2.05, 4.69) is 33.8 Å². The molecule has 0 radical (unpaired) electrons. The van der Waals surface area contributed by atoms with Gasteiger partial charge in [0.2, 0.25) is 0 Å². The first-order valence-corrected chi connectivity index (χ1v) is 9.54. The fourth-order valence-corrected chi connectivity index (χ4v) is 3.14. The van der Waals surface area contributed by atoms with Gasteiger partial charge in [-0.1, -0.05) is 41.6 Å². The van der Waals surface area contributed by atoms with Gasteiger partial charge in [-0.2, -0.15) is 5.26 Å². The number of oxime groups is 1. The summed E-state index contributed by atoms with van der Waals surface area (Å²) in [5.41, 5.74) is 2.71. The Bertz CT molecular complexity index is 1030. The van der Waals surface area contributed by atoms with Gasteiger partial charge in [0.05, 0.1) is 21.4 Å². The lowest BCUT2D eigenvalue weighted by Gasteiger charge is -2.09. The molecule has 3 aromatic rings. The van der Waals surface area contributed by atoms with Gasteiger partial charge in [-0.05, 0) is 58.5 Å². The Balaban J connectivity index is 1.57. The predicted octanol–water partition coefficient (Wildman–Crippen LogP) is 5.43. The van der Waals surface area contributed by atoms with Crippen LogP contribution in [0.3, 0.4) is 0 Å². The molecule has 0 amide bonds. The maximum absolute atomic E-state index is 13.7. The van der Waals surface area contributed by atoms with Crippen LogP contribution in [0.15, 0.2) is 71.9 Å². The van der Waals surface area contributed by atoms with Gasteiger partial charge in [0.1, 0.15) is 24.8 Å². The van der Waals surface area contributed by atoms with E-state index in [-0.39, 0.29) is 19.0 Å². The summed E-state index contributed by atoms with van der Waals surface area (Å²) in [4.78, 5) is 5.30. The molecule has 0 aliphatic heterocycles. The van der Waals surface area contributed by atoms with E-state index in [1.165, 1.54) is 6.07 Å². The van der Waals surface area contributed by atoms with Gasteiger partial charge in [0.25, 0.3) is 0 Å². The molecule has 0 bridgehead atoms. The van der Waals surface area contributed by atoms with Crippen LogP contribution >= 0.6 is 22.6 Å². The van der Waals surface area contributed by atoms with E-state index in [1.807, 2.05) is 36.4 Å². The summed E-state index contributed by atoms with van der Waals surface area (Å²) >= 11 is 2.16. The molecule has 4 nitrogen and oxygen atoms in total. The monoisotopic (exact) mass is 486 g/mol. The van der Waals surface area contributed by atoms with Crippen molar-refractivity contribution < 1.29 is 14.0 Å². The summed E-state index contributed by atoms with van der Waals surface area (Å²) in [5, 5.41) is 13.0. The average molecular weight is 486 g/mol. The van der Waals surface area contributed by atoms with Crippen molar-refractivity contribution in [3.05, 3.63) is 98.4 Å². The Morgan fingerprint density at radius 3 is 2.50 bits per heavy atom. The molecular formula is C22H16FIN2O2. The number of halogens is 2. The molecule has 0 N–H and O–H groups in total. The van der Waals surface area contributed by atoms with E-state index < -0.39 is 0 Å². The highest BCUT2D eigenvalue weighted by atomic mass is 127. The minimum Gasteiger partial charge on any atom is -0.488 e. The molecule has 0 spiro atoms. The zero-order chi connectivity index (χ0) is 19.8. The lowest BCUT2D eigenvalue weighted by molar-refractivity contribution is 0.132. The third-order valence-electron chi connectivity index (χ3n) is 3.93. The third kappa shape index (κ3) is 5.30. The summed E-state index contributed by atoms with van der Waals surface area (Å²) in [6, 6.07) is 21.5. The number of hydrogen-bond donors (Lipinski definition) is 0. The van der Waals surface area contributed by atoms with Crippen molar-refractivity contribution in [2.45, 2.75) is 13.2 Å². The molecule has 28 heavy (non-hydrogen) atoms. The van der Waals surface area contributed by atoms with E-state index in [1.54, 1.807) is 30.5 Å². The fourth-order valence-electron chi connectivity index (χ4n) is 2.45. The number of hydrogen-bond acceptors (Lipinski definition) is 4. The van der Waals surface area contributed by atoms with Gasteiger partial charge >= 0.3 is 0 Å². The molecule has 140 valence electrons. The molecule has 0 atom stereocenters. The van der Waals surface area contributed by atoms with E-state index >= 15 is 0 Å². The molecule has 0 saturated heterocycles. The molecule has 6 heteroatoms. The zero-order valence-electron chi connectivity index (χ0n) is 14.8. The van der Waals surface area contributed by atoms with Crippen LogP contribution in [0.25, 0.3) is 0 Å². The lowest BCUT2D eigenvalue weighted by atomic mass is 10.1. The Labute approximate surface area is 176 Å². The summed E-state index contributed by atoms with van der Waals surface area (Å²) in [5.74, 6) is 0.390. The van der Waals surface area contributed by atoms with Crippen LogP contribution in [0, 0.1) is 20.7 Å². The lowest BCUT2D eigenvalue weighted by Crippen LogP contribution is -2.00. The van der Waals surface area contributed by atoms with E-state index in [0.717, 1.165) is 14.7 Å². The van der Waals surface area contributed by atoms with Gasteiger partial charge in [0.15, 0.2) is 0 Å². The molecule has 0 fully saturated rings. The quantitative estimate of drug-likeness (QED) is 0.254. The average Bonchev–Trinajstić information content (AvgIpc) is 2.72. The largest absolute Gasteiger partial charge is 0.488 e. The summed E-state index contributed by atoms with van der Waals surface area (Å²) in [6.07, 6.45) is 1.60. The molecule has 0 heterocycles.